The molecule has 0 bridgehead atoms. The first kappa shape index (κ1) is 14.0. The first-order chi connectivity index (χ1) is 6.25. The predicted molar refractivity (Wildman–Crippen MR) is 37.7 cm³/mol. The topological polar surface area (TPSA) is 138 Å². The van der Waals surface area contributed by atoms with Gasteiger partial charge >= 0.3 is 90.7 Å². The van der Waals surface area contributed by atoms with Gasteiger partial charge in [-0.25, -0.2) is 0 Å². The Morgan fingerprint density at radius 2 is 1.79 bits per heavy atom. The SMILES string of the molecule is O=C(O)[C@@](O)([Ti])[C@@H](O)[C@H](O)[C@H](O)CO. The molecule has 0 amide bonds. The molecule has 0 aliphatic heterocycles. The summed E-state index contributed by atoms with van der Waals surface area (Å²) in [7, 11) is 0. The van der Waals surface area contributed by atoms with E-state index in [1.807, 2.05) is 0 Å². The number of carboxylic acids is 1. The average Bonchev–Trinajstić information content (AvgIpc) is 2.13. The summed E-state index contributed by atoms with van der Waals surface area (Å²) in [6.07, 6.45) is -5.75. The molecule has 0 fully saturated rings. The van der Waals surface area contributed by atoms with Gasteiger partial charge in [-0.1, -0.05) is 0 Å². The van der Waals surface area contributed by atoms with Gasteiger partial charge in [-0.3, -0.25) is 0 Å². The van der Waals surface area contributed by atoms with Crippen LogP contribution >= 0.6 is 0 Å². The number of carbonyl (C=O) groups is 1. The summed E-state index contributed by atoms with van der Waals surface area (Å²) in [6, 6.07) is 0. The first-order valence-electron chi connectivity index (χ1n) is 3.61. The summed E-state index contributed by atoms with van der Waals surface area (Å²) < 4.78 is -2.59. The Morgan fingerprint density at radius 1 is 1.36 bits per heavy atom. The minimum absolute atomic E-state index is 0.771. The zero-order chi connectivity index (χ0) is 11.5. The van der Waals surface area contributed by atoms with Gasteiger partial charge in [0.2, 0.25) is 0 Å². The van der Waals surface area contributed by atoms with Gasteiger partial charge < -0.3 is 0 Å². The molecule has 14 heavy (non-hydrogen) atoms. The maximum atomic E-state index is 10.4. The Hall–Kier alpha value is -0.0157. The second-order valence-electron chi connectivity index (χ2n) is 2.76. The summed E-state index contributed by atoms with van der Waals surface area (Å²) in [5.41, 5.74) is 0. The molecule has 0 saturated heterocycles. The van der Waals surface area contributed by atoms with Gasteiger partial charge in [0.25, 0.3) is 0 Å². The molecular formula is C6H11O7Ti. The van der Waals surface area contributed by atoms with Gasteiger partial charge in [-0.15, -0.1) is 0 Å². The minimum atomic E-state index is -2.59. The molecule has 7 nitrogen and oxygen atoms in total. The van der Waals surface area contributed by atoms with Crippen LogP contribution < -0.4 is 0 Å². The van der Waals surface area contributed by atoms with Crippen molar-refractivity contribution in [2.24, 2.45) is 0 Å². The molecule has 0 aromatic carbocycles. The van der Waals surface area contributed by atoms with Gasteiger partial charge in [0.1, 0.15) is 0 Å². The van der Waals surface area contributed by atoms with Crippen molar-refractivity contribution >= 4 is 5.97 Å². The number of rotatable bonds is 5. The molecule has 0 spiro atoms. The third-order valence-electron chi connectivity index (χ3n) is 1.66. The normalized spacial score (nSPS) is 22.0. The predicted octanol–water partition coefficient (Wildman–Crippen LogP) is -3.62. The van der Waals surface area contributed by atoms with Crippen LogP contribution in [0.4, 0.5) is 0 Å². The van der Waals surface area contributed by atoms with Gasteiger partial charge in [0.05, 0.1) is 0 Å². The second-order valence-corrected chi connectivity index (χ2v) is 3.95. The Morgan fingerprint density at radius 3 is 2.07 bits per heavy atom. The fourth-order valence-corrected chi connectivity index (χ4v) is 0.959. The number of hydrogen-bond donors (Lipinski definition) is 6. The van der Waals surface area contributed by atoms with Gasteiger partial charge in [-0.2, -0.15) is 0 Å². The fourth-order valence-electron chi connectivity index (χ4n) is 0.692. The van der Waals surface area contributed by atoms with Crippen molar-refractivity contribution in [3.63, 3.8) is 0 Å². The number of hydrogen-bond acceptors (Lipinski definition) is 6. The average molecular weight is 243 g/mol. The van der Waals surface area contributed by atoms with E-state index in [9.17, 15) is 9.90 Å². The monoisotopic (exact) mass is 243 g/mol. The third-order valence-corrected chi connectivity index (χ3v) is 2.45. The van der Waals surface area contributed by atoms with Crippen LogP contribution in [-0.4, -0.2) is 65.4 Å². The van der Waals surface area contributed by atoms with Crippen molar-refractivity contribution in [3.8, 4) is 0 Å². The number of aliphatic hydroxyl groups excluding tert-OH is 4. The van der Waals surface area contributed by atoms with Gasteiger partial charge in [0.15, 0.2) is 0 Å². The summed E-state index contributed by atoms with van der Waals surface area (Å²) >= 11 is 0.771. The van der Waals surface area contributed by atoms with Crippen LogP contribution in [-0.2, 0) is 25.2 Å². The molecule has 0 saturated carbocycles. The number of aliphatic carboxylic acids is 1. The van der Waals surface area contributed by atoms with Crippen LogP contribution in [0.15, 0.2) is 0 Å². The van der Waals surface area contributed by atoms with Gasteiger partial charge in [-0.05, 0) is 0 Å². The van der Waals surface area contributed by atoms with Crippen molar-refractivity contribution in [1.82, 2.24) is 0 Å². The maximum absolute atomic E-state index is 10.4. The van der Waals surface area contributed by atoms with E-state index in [2.05, 4.69) is 0 Å². The second kappa shape index (κ2) is 5.17. The molecule has 4 atom stereocenters. The molecule has 6 N–H and O–H groups in total. The summed E-state index contributed by atoms with van der Waals surface area (Å²) in [5.74, 6) is -1.74. The van der Waals surface area contributed by atoms with E-state index in [0.717, 1.165) is 20.4 Å². The standard InChI is InChI=1S/C6H11O7.Ti/c7-1-2(8)3(9)4(10)5(11)6(12)13;/h2-4,7-11H,1H2,(H,12,13);/t2-,3-,4+;/m1./s1. The molecule has 0 unspecified atom stereocenters. The quantitative estimate of drug-likeness (QED) is 0.274. The van der Waals surface area contributed by atoms with E-state index in [0.29, 0.717) is 0 Å². The zero-order valence-corrected chi connectivity index (χ0v) is 8.59. The van der Waals surface area contributed by atoms with Crippen LogP contribution in [0.25, 0.3) is 0 Å². The molecular weight excluding hydrogens is 232 g/mol. The van der Waals surface area contributed by atoms with Crippen molar-refractivity contribution in [3.05, 3.63) is 0 Å². The van der Waals surface area contributed by atoms with E-state index in [1.54, 1.807) is 0 Å². The van der Waals surface area contributed by atoms with Crippen LogP contribution in [0.2, 0.25) is 0 Å². The molecule has 0 aliphatic carbocycles. The van der Waals surface area contributed by atoms with E-state index < -0.39 is 34.8 Å². The number of aliphatic hydroxyl groups is 5. The van der Waals surface area contributed by atoms with E-state index in [1.165, 1.54) is 0 Å². The fraction of sp³-hybridized carbons (Fsp3) is 0.833. The summed E-state index contributed by atoms with van der Waals surface area (Å²) in [4.78, 5) is 10.4. The molecule has 0 rings (SSSR count). The Bertz CT molecular complexity index is 206. The molecule has 8 heteroatoms. The van der Waals surface area contributed by atoms with Crippen molar-refractivity contribution in [1.29, 1.82) is 0 Å². The molecule has 0 aromatic heterocycles. The van der Waals surface area contributed by atoms with Crippen molar-refractivity contribution in [2.45, 2.75) is 22.2 Å². The van der Waals surface area contributed by atoms with Gasteiger partial charge in [0, 0.05) is 0 Å². The summed E-state index contributed by atoms with van der Waals surface area (Å²) in [6.45, 7) is -0.853. The molecule has 81 valence electrons. The summed E-state index contributed by atoms with van der Waals surface area (Å²) in [5, 5.41) is 53.2. The molecule has 0 heterocycles. The number of carboxylic acid groups (broad SMARTS) is 1. The zero-order valence-electron chi connectivity index (χ0n) is 7.03. The van der Waals surface area contributed by atoms with Crippen LogP contribution in [0, 0.1) is 0 Å². The molecule has 0 radical (unpaired) electrons. The van der Waals surface area contributed by atoms with E-state index in [4.69, 9.17) is 25.5 Å². The molecule has 0 aromatic rings. The Kier molecular flexibility index (Phi) is 5.17. The van der Waals surface area contributed by atoms with Crippen molar-refractivity contribution in [2.75, 3.05) is 6.61 Å². The third kappa shape index (κ3) is 2.99. The molecule has 0 aliphatic rings. The Labute approximate surface area is 91.0 Å². The van der Waals surface area contributed by atoms with Crippen LogP contribution in [0.1, 0.15) is 0 Å². The van der Waals surface area contributed by atoms with E-state index in [-0.39, 0.29) is 0 Å². The van der Waals surface area contributed by atoms with Crippen LogP contribution in [0.5, 0.6) is 0 Å². The van der Waals surface area contributed by atoms with Crippen LogP contribution in [0.3, 0.4) is 0 Å². The van der Waals surface area contributed by atoms with Crippen molar-refractivity contribution < 1.29 is 55.9 Å². The van der Waals surface area contributed by atoms with E-state index >= 15 is 0 Å². The Balaban J connectivity index is 4.60. The first-order valence-corrected chi connectivity index (χ1v) is 4.39.